The Kier molecular flexibility index (Phi) is 6.36. The van der Waals surface area contributed by atoms with Crippen molar-refractivity contribution in [3.63, 3.8) is 0 Å². The van der Waals surface area contributed by atoms with E-state index in [1.54, 1.807) is 36.7 Å². The van der Waals surface area contributed by atoms with Gasteiger partial charge in [-0.3, -0.25) is 9.78 Å². The molecule has 0 aliphatic rings. The fourth-order valence-corrected chi connectivity index (χ4v) is 2.59. The van der Waals surface area contributed by atoms with Crippen LogP contribution in [-0.4, -0.2) is 47.3 Å². The van der Waals surface area contributed by atoms with Crippen LogP contribution in [0.3, 0.4) is 0 Å². The van der Waals surface area contributed by atoms with E-state index in [9.17, 15) is 4.79 Å². The second-order valence-corrected chi connectivity index (χ2v) is 5.43. The van der Waals surface area contributed by atoms with Crippen LogP contribution in [0.2, 0.25) is 0 Å². The van der Waals surface area contributed by atoms with E-state index in [1.165, 1.54) is 11.8 Å². The van der Waals surface area contributed by atoms with Crippen molar-refractivity contribution >= 4 is 17.7 Å². The maximum Gasteiger partial charge on any atom is 0.256 e. The van der Waals surface area contributed by atoms with Gasteiger partial charge in [-0.25, -0.2) is 4.98 Å². The Morgan fingerprint density at radius 2 is 2.05 bits per heavy atom. The molecule has 0 aromatic carbocycles. The topological polar surface area (TPSA) is 55.3 Å². The second-order valence-electron chi connectivity index (χ2n) is 4.64. The average Bonchev–Trinajstić information content (AvgIpc) is 2.58. The van der Waals surface area contributed by atoms with Crippen molar-refractivity contribution in [2.75, 3.05) is 26.5 Å². The minimum absolute atomic E-state index is 0.0358. The lowest BCUT2D eigenvalue weighted by Gasteiger charge is -2.23. The molecule has 0 N–H and O–H groups in total. The molecule has 6 heteroatoms. The Morgan fingerprint density at radius 3 is 2.73 bits per heavy atom. The van der Waals surface area contributed by atoms with E-state index in [2.05, 4.69) is 9.97 Å². The standard InChI is InChI=1S/C16H19N3O2S/c1-21-11-10-19(12-13-5-8-17-9-6-13)16(20)14-4-3-7-18-15(14)22-2/h3-9H,10-12H2,1-2H3. The van der Waals surface area contributed by atoms with Gasteiger partial charge in [-0.05, 0) is 36.1 Å². The Bertz CT molecular complexity index is 607. The van der Waals surface area contributed by atoms with E-state index in [1.807, 2.05) is 24.5 Å². The van der Waals surface area contributed by atoms with E-state index in [4.69, 9.17) is 4.74 Å². The van der Waals surface area contributed by atoms with Crippen molar-refractivity contribution in [2.24, 2.45) is 0 Å². The fraction of sp³-hybridized carbons (Fsp3) is 0.312. The summed E-state index contributed by atoms with van der Waals surface area (Å²) in [4.78, 5) is 22.9. The van der Waals surface area contributed by atoms with Crippen molar-refractivity contribution in [3.05, 3.63) is 54.0 Å². The number of pyridine rings is 2. The van der Waals surface area contributed by atoms with Crippen LogP contribution in [0, 0.1) is 0 Å². The highest BCUT2D eigenvalue weighted by Gasteiger charge is 2.19. The summed E-state index contributed by atoms with van der Waals surface area (Å²) in [6.45, 7) is 1.54. The van der Waals surface area contributed by atoms with E-state index >= 15 is 0 Å². The maximum absolute atomic E-state index is 12.8. The van der Waals surface area contributed by atoms with Gasteiger partial charge < -0.3 is 9.64 Å². The number of nitrogens with zero attached hydrogens (tertiary/aromatic N) is 3. The van der Waals surface area contributed by atoms with Crippen molar-refractivity contribution in [1.29, 1.82) is 0 Å². The molecule has 2 heterocycles. The number of thioether (sulfide) groups is 1. The SMILES string of the molecule is COCCN(Cc1ccncc1)C(=O)c1cccnc1SC. The summed E-state index contributed by atoms with van der Waals surface area (Å²) in [5, 5.41) is 0.740. The van der Waals surface area contributed by atoms with Crippen LogP contribution in [0.4, 0.5) is 0 Å². The summed E-state index contributed by atoms with van der Waals surface area (Å²) in [5.74, 6) is -0.0358. The van der Waals surface area contributed by atoms with E-state index in [0.717, 1.165) is 10.6 Å². The van der Waals surface area contributed by atoms with E-state index < -0.39 is 0 Å². The molecule has 1 amide bonds. The van der Waals surface area contributed by atoms with Crippen LogP contribution >= 0.6 is 11.8 Å². The van der Waals surface area contributed by atoms with Gasteiger partial charge in [0.1, 0.15) is 5.03 Å². The molecule has 0 aliphatic carbocycles. The predicted molar refractivity (Wildman–Crippen MR) is 86.9 cm³/mol. The molecule has 5 nitrogen and oxygen atoms in total. The first-order chi connectivity index (χ1) is 10.8. The highest BCUT2D eigenvalue weighted by Crippen LogP contribution is 2.19. The van der Waals surface area contributed by atoms with Crippen molar-refractivity contribution in [2.45, 2.75) is 11.6 Å². The molecule has 0 bridgehead atoms. The fourth-order valence-electron chi connectivity index (χ4n) is 2.05. The van der Waals surface area contributed by atoms with Gasteiger partial charge in [-0.15, -0.1) is 11.8 Å². The van der Waals surface area contributed by atoms with Gasteiger partial charge in [0.05, 0.1) is 12.2 Å². The highest BCUT2D eigenvalue weighted by atomic mass is 32.2. The van der Waals surface area contributed by atoms with Gasteiger partial charge in [-0.2, -0.15) is 0 Å². The lowest BCUT2D eigenvalue weighted by Crippen LogP contribution is -2.33. The molecule has 22 heavy (non-hydrogen) atoms. The molecule has 0 fully saturated rings. The summed E-state index contributed by atoms with van der Waals surface area (Å²) < 4.78 is 5.13. The molecular weight excluding hydrogens is 298 g/mol. The second kappa shape index (κ2) is 8.51. The number of carbonyl (C=O) groups excluding carboxylic acids is 1. The Labute approximate surface area is 134 Å². The van der Waals surface area contributed by atoms with Gasteiger partial charge in [0.25, 0.3) is 5.91 Å². The van der Waals surface area contributed by atoms with Gasteiger partial charge in [0, 0.05) is 38.8 Å². The molecule has 2 aromatic heterocycles. The Balaban J connectivity index is 2.22. The lowest BCUT2D eigenvalue weighted by molar-refractivity contribution is 0.0676. The zero-order valence-electron chi connectivity index (χ0n) is 12.7. The van der Waals surface area contributed by atoms with Crippen LogP contribution in [-0.2, 0) is 11.3 Å². The van der Waals surface area contributed by atoms with E-state index in [-0.39, 0.29) is 5.91 Å². The summed E-state index contributed by atoms with van der Waals surface area (Å²) in [7, 11) is 1.63. The zero-order chi connectivity index (χ0) is 15.8. The van der Waals surface area contributed by atoms with Gasteiger partial charge in [0.2, 0.25) is 0 Å². The number of hydrogen-bond acceptors (Lipinski definition) is 5. The number of hydrogen-bond donors (Lipinski definition) is 0. The molecule has 0 radical (unpaired) electrons. The van der Waals surface area contributed by atoms with Crippen LogP contribution in [0.15, 0.2) is 47.9 Å². The monoisotopic (exact) mass is 317 g/mol. The summed E-state index contributed by atoms with van der Waals surface area (Å²) in [5.41, 5.74) is 1.66. The highest BCUT2D eigenvalue weighted by molar-refractivity contribution is 7.98. The molecule has 0 aliphatic heterocycles. The first-order valence-electron chi connectivity index (χ1n) is 6.92. The third-order valence-corrected chi connectivity index (χ3v) is 3.88. The molecule has 0 spiro atoms. The number of carbonyl (C=O) groups is 1. The minimum Gasteiger partial charge on any atom is -0.383 e. The van der Waals surface area contributed by atoms with E-state index in [0.29, 0.717) is 25.3 Å². The smallest absolute Gasteiger partial charge is 0.256 e. The van der Waals surface area contributed by atoms with Crippen LogP contribution in [0.25, 0.3) is 0 Å². The molecule has 0 atom stereocenters. The number of aromatic nitrogens is 2. The molecule has 0 saturated heterocycles. The molecule has 0 unspecified atom stereocenters. The summed E-state index contributed by atoms with van der Waals surface area (Å²) in [6.07, 6.45) is 7.07. The van der Waals surface area contributed by atoms with Crippen LogP contribution in [0.1, 0.15) is 15.9 Å². The first kappa shape index (κ1) is 16.5. The number of rotatable bonds is 7. The largest absolute Gasteiger partial charge is 0.383 e. The van der Waals surface area contributed by atoms with Crippen molar-refractivity contribution < 1.29 is 9.53 Å². The number of amides is 1. The molecular formula is C16H19N3O2S. The van der Waals surface area contributed by atoms with Crippen molar-refractivity contribution in [1.82, 2.24) is 14.9 Å². The predicted octanol–water partition coefficient (Wildman–Crippen LogP) is 2.49. The Hall–Kier alpha value is -1.92. The van der Waals surface area contributed by atoms with Crippen LogP contribution in [0.5, 0.6) is 0 Å². The number of methoxy groups -OCH3 is 1. The maximum atomic E-state index is 12.8. The Morgan fingerprint density at radius 1 is 1.27 bits per heavy atom. The molecule has 116 valence electrons. The molecule has 2 rings (SSSR count). The van der Waals surface area contributed by atoms with Gasteiger partial charge >= 0.3 is 0 Å². The molecule has 2 aromatic rings. The first-order valence-corrected chi connectivity index (χ1v) is 8.15. The van der Waals surface area contributed by atoms with Crippen LogP contribution < -0.4 is 0 Å². The third-order valence-electron chi connectivity index (χ3n) is 3.17. The molecule has 0 saturated carbocycles. The minimum atomic E-state index is -0.0358. The summed E-state index contributed by atoms with van der Waals surface area (Å²) in [6, 6.07) is 7.42. The quantitative estimate of drug-likeness (QED) is 0.734. The van der Waals surface area contributed by atoms with Gasteiger partial charge in [-0.1, -0.05) is 0 Å². The lowest BCUT2D eigenvalue weighted by atomic mass is 10.2. The zero-order valence-corrected chi connectivity index (χ0v) is 13.5. The van der Waals surface area contributed by atoms with Crippen molar-refractivity contribution in [3.8, 4) is 0 Å². The summed E-state index contributed by atoms with van der Waals surface area (Å²) >= 11 is 1.47. The normalized spacial score (nSPS) is 10.5. The average molecular weight is 317 g/mol. The number of ether oxygens (including phenoxy) is 1. The van der Waals surface area contributed by atoms with Gasteiger partial charge in [0.15, 0.2) is 0 Å². The third kappa shape index (κ3) is 4.29.